The van der Waals surface area contributed by atoms with Crippen LogP contribution in [0.2, 0.25) is 0 Å². The molecule has 0 aliphatic carbocycles. The van der Waals surface area contributed by atoms with Gasteiger partial charge in [-0.1, -0.05) is 103 Å². The number of aromatic nitrogens is 2. The van der Waals surface area contributed by atoms with Crippen LogP contribution in [0.3, 0.4) is 0 Å². The van der Waals surface area contributed by atoms with Crippen LogP contribution in [0.25, 0.3) is 49.3 Å². The zero-order valence-corrected chi connectivity index (χ0v) is 24.8. The SMILES string of the molecule is C1=CNC(n2c3ccccc3c3c4c(ccc32)C2(c3ccccc3O4)c3ccccc3-n3c4ccccc4c4cccc2c43)C=C1. The lowest BCUT2D eigenvalue weighted by Gasteiger charge is -2.45. The number of hydrogen-bond donors (Lipinski definition) is 1. The summed E-state index contributed by atoms with van der Waals surface area (Å²) < 4.78 is 12.0. The number of rotatable bonds is 1. The molecule has 11 rings (SSSR count). The molecule has 4 nitrogen and oxygen atoms in total. The highest BCUT2D eigenvalue weighted by atomic mass is 16.5. The van der Waals surface area contributed by atoms with Gasteiger partial charge in [-0.3, -0.25) is 0 Å². The number of para-hydroxylation sites is 5. The third-order valence-corrected chi connectivity index (χ3v) is 10.4. The fourth-order valence-electron chi connectivity index (χ4n) is 8.76. The molecule has 4 heteroatoms. The molecule has 5 heterocycles. The topological polar surface area (TPSA) is 31.1 Å². The van der Waals surface area contributed by atoms with Gasteiger partial charge in [0.1, 0.15) is 17.7 Å². The number of nitrogens with zero attached hydrogens (tertiary/aromatic N) is 2. The first kappa shape index (κ1) is 24.3. The molecule has 216 valence electrons. The van der Waals surface area contributed by atoms with E-state index in [0.29, 0.717) is 0 Å². The second kappa shape index (κ2) is 8.58. The number of nitrogens with one attached hydrogen (secondary N) is 1. The maximum absolute atomic E-state index is 7.11. The van der Waals surface area contributed by atoms with Gasteiger partial charge in [0.05, 0.1) is 38.6 Å². The monoisotopic (exact) mass is 589 g/mol. The number of ether oxygens (including phenoxy) is 1. The predicted octanol–water partition coefficient (Wildman–Crippen LogP) is 9.87. The first-order chi connectivity index (χ1) is 22.9. The number of allylic oxidation sites excluding steroid dienone is 2. The first-order valence-corrected chi connectivity index (χ1v) is 15.9. The summed E-state index contributed by atoms with van der Waals surface area (Å²) in [5.41, 5.74) is 10.3. The Morgan fingerprint density at radius 2 is 1.30 bits per heavy atom. The molecular formula is C42H27N3O. The fraction of sp³-hybridized carbons (Fsp3) is 0.0476. The van der Waals surface area contributed by atoms with E-state index in [1.54, 1.807) is 0 Å². The van der Waals surface area contributed by atoms with Crippen LogP contribution in [-0.2, 0) is 5.41 Å². The molecule has 46 heavy (non-hydrogen) atoms. The summed E-state index contributed by atoms with van der Waals surface area (Å²) in [5.74, 6) is 1.83. The molecule has 2 unspecified atom stereocenters. The predicted molar refractivity (Wildman–Crippen MR) is 186 cm³/mol. The van der Waals surface area contributed by atoms with Crippen molar-refractivity contribution < 1.29 is 4.74 Å². The highest BCUT2D eigenvalue weighted by Gasteiger charge is 2.50. The molecule has 0 saturated carbocycles. The van der Waals surface area contributed by atoms with Gasteiger partial charge < -0.3 is 19.2 Å². The largest absolute Gasteiger partial charge is 0.456 e. The van der Waals surface area contributed by atoms with E-state index in [2.05, 4.69) is 154 Å². The van der Waals surface area contributed by atoms with Crippen molar-refractivity contribution >= 4 is 43.6 Å². The van der Waals surface area contributed by atoms with Crippen LogP contribution in [0, 0.1) is 0 Å². The molecule has 1 N–H and O–H groups in total. The van der Waals surface area contributed by atoms with E-state index >= 15 is 0 Å². The average Bonchev–Trinajstić information content (AvgIpc) is 3.65. The van der Waals surface area contributed by atoms with E-state index in [1.165, 1.54) is 60.6 Å². The fourth-order valence-corrected chi connectivity index (χ4v) is 8.76. The lowest BCUT2D eigenvalue weighted by atomic mass is 9.61. The van der Waals surface area contributed by atoms with Gasteiger partial charge in [0.25, 0.3) is 0 Å². The molecular weight excluding hydrogens is 562 g/mol. The molecule has 0 amide bonds. The van der Waals surface area contributed by atoms with Crippen LogP contribution in [0.15, 0.2) is 152 Å². The number of fused-ring (bicyclic) bond motifs is 15. The summed E-state index contributed by atoms with van der Waals surface area (Å²) in [4.78, 5) is 0. The molecule has 0 bridgehead atoms. The maximum Gasteiger partial charge on any atom is 0.142 e. The van der Waals surface area contributed by atoms with Crippen LogP contribution in [0.1, 0.15) is 28.4 Å². The molecule has 3 aliphatic heterocycles. The summed E-state index contributed by atoms with van der Waals surface area (Å²) >= 11 is 0. The molecule has 1 spiro atoms. The third kappa shape index (κ3) is 2.77. The highest BCUT2D eigenvalue weighted by Crippen LogP contribution is 2.61. The Balaban J connectivity index is 1.35. The zero-order chi connectivity index (χ0) is 30.0. The molecule has 2 aromatic heterocycles. The van der Waals surface area contributed by atoms with Crippen LogP contribution in [-0.4, -0.2) is 9.13 Å². The van der Waals surface area contributed by atoms with Crippen molar-refractivity contribution in [3.05, 3.63) is 174 Å². The van der Waals surface area contributed by atoms with E-state index in [0.717, 1.165) is 22.4 Å². The third-order valence-electron chi connectivity index (χ3n) is 10.4. The maximum atomic E-state index is 7.11. The summed E-state index contributed by atoms with van der Waals surface area (Å²) in [5, 5.41) is 8.43. The molecule has 6 aromatic carbocycles. The Morgan fingerprint density at radius 1 is 0.565 bits per heavy atom. The average molecular weight is 590 g/mol. The quantitative estimate of drug-likeness (QED) is 0.207. The highest BCUT2D eigenvalue weighted by molar-refractivity contribution is 6.15. The van der Waals surface area contributed by atoms with E-state index in [4.69, 9.17) is 4.74 Å². The minimum absolute atomic E-state index is 0.00449. The minimum atomic E-state index is -0.590. The Bertz CT molecular complexity index is 2670. The van der Waals surface area contributed by atoms with E-state index in [-0.39, 0.29) is 6.17 Å². The van der Waals surface area contributed by atoms with Crippen LogP contribution in [0.4, 0.5) is 0 Å². The van der Waals surface area contributed by atoms with Crippen LogP contribution in [0.5, 0.6) is 11.5 Å². The van der Waals surface area contributed by atoms with Crippen molar-refractivity contribution in [2.75, 3.05) is 0 Å². The summed E-state index contributed by atoms with van der Waals surface area (Å²) in [7, 11) is 0. The van der Waals surface area contributed by atoms with Gasteiger partial charge in [-0.15, -0.1) is 0 Å². The summed E-state index contributed by atoms with van der Waals surface area (Å²) in [6, 6.07) is 46.7. The van der Waals surface area contributed by atoms with Crippen molar-refractivity contribution in [1.82, 2.24) is 14.5 Å². The molecule has 0 saturated heterocycles. The smallest absolute Gasteiger partial charge is 0.142 e. The Kier molecular flexibility index (Phi) is 4.54. The number of hydrogen-bond acceptors (Lipinski definition) is 2. The van der Waals surface area contributed by atoms with Gasteiger partial charge in [0, 0.05) is 27.3 Å². The van der Waals surface area contributed by atoms with Crippen LogP contribution >= 0.6 is 0 Å². The molecule has 8 aromatic rings. The van der Waals surface area contributed by atoms with Gasteiger partial charge in [0.2, 0.25) is 0 Å². The van der Waals surface area contributed by atoms with Gasteiger partial charge in [-0.2, -0.15) is 0 Å². The molecule has 0 fully saturated rings. The lowest BCUT2D eigenvalue weighted by Crippen LogP contribution is -2.37. The molecule has 2 atom stereocenters. The van der Waals surface area contributed by atoms with Crippen LogP contribution < -0.4 is 10.1 Å². The van der Waals surface area contributed by atoms with Gasteiger partial charge in [0.15, 0.2) is 0 Å². The summed E-state index contributed by atoms with van der Waals surface area (Å²) in [6.07, 6.45) is 8.37. The minimum Gasteiger partial charge on any atom is -0.456 e. The van der Waals surface area contributed by atoms with E-state index < -0.39 is 5.41 Å². The number of benzene rings is 6. The normalized spacial score (nSPS) is 18.9. The Hall–Kier alpha value is -6.00. The van der Waals surface area contributed by atoms with Gasteiger partial charge >= 0.3 is 0 Å². The molecule has 0 radical (unpaired) electrons. The van der Waals surface area contributed by atoms with Crippen molar-refractivity contribution in [3.8, 4) is 17.2 Å². The van der Waals surface area contributed by atoms with Crippen molar-refractivity contribution in [2.24, 2.45) is 0 Å². The first-order valence-electron chi connectivity index (χ1n) is 15.9. The van der Waals surface area contributed by atoms with E-state index in [1.807, 2.05) is 12.3 Å². The summed E-state index contributed by atoms with van der Waals surface area (Å²) in [6.45, 7) is 0. The number of dihydropyridines is 1. The Morgan fingerprint density at radius 3 is 2.20 bits per heavy atom. The van der Waals surface area contributed by atoms with E-state index in [9.17, 15) is 0 Å². The Labute approximate surface area is 265 Å². The zero-order valence-electron chi connectivity index (χ0n) is 24.8. The van der Waals surface area contributed by atoms with Gasteiger partial charge in [-0.05, 0) is 59.8 Å². The van der Waals surface area contributed by atoms with Crippen molar-refractivity contribution in [3.63, 3.8) is 0 Å². The standard InChI is InChI=1S/C42H27N3O/c1-5-18-33-26(12-1)27-14-11-17-31-40(27)45(33)35-20-7-3-15-29(35)42(31)30-16-4-8-21-37(30)46-41-32(42)23-24-36-39(41)28-13-2-6-19-34(28)44(36)38-22-9-10-25-43-38/h1-25,38,43H. The second-order valence-electron chi connectivity index (χ2n) is 12.5. The second-order valence-corrected chi connectivity index (χ2v) is 12.5. The molecule has 3 aliphatic rings. The lowest BCUT2D eigenvalue weighted by molar-refractivity contribution is 0.439. The van der Waals surface area contributed by atoms with Gasteiger partial charge in [-0.25, -0.2) is 0 Å². The van der Waals surface area contributed by atoms with Crippen molar-refractivity contribution in [2.45, 2.75) is 11.6 Å². The van der Waals surface area contributed by atoms with Crippen molar-refractivity contribution in [1.29, 1.82) is 0 Å².